The van der Waals surface area contributed by atoms with Crippen LogP contribution < -0.4 is 10.2 Å². The van der Waals surface area contributed by atoms with Crippen molar-refractivity contribution in [3.63, 3.8) is 0 Å². The number of benzene rings is 1. The summed E-state index contributed by atoms with van der Waals surface area (Å²) in [6.45, 7) is 4.78. The summed E-state index contributed by atoms with van der Waals surface area (Å²) in [5, 5.41) is 9.44. The van der Waals surface area contributed by atoms with Gasteiger partial charge in [-0.05, 0) is 56.0 Å². The molecule has 7 heteroatoms. The first-order valence-corrected chi connectivity index (χ1v) is 9.05. The van der Waals surface area contributed by atoms with Crippen LogP contribution in [0, 0.1) is 13.8 Å². The summed E-state index contributed by atoms with van der Waals surface area (Å²) >= 11 is 1.69. The number of aryl methyl sites for hydroxylation is 2. The third-order valence-electron chi connectivity index (χ3n) is 3.51. The van der Waals surface area contributed by atoms with Gasteiger partial charge in [-0.2, -0.15) is 0 Å². The van der Waals surface area contributed by atoms with Gasteiger partial charge in [-0.15, -0.1) is 11.8 Å². The molecular formula is C18H23N3O3S. The summed E-state index contributed by atoms with van der Waals surface area (Å²) in [6, 6.07) is 9.54. The predicted molar refractivity (Wildman–Crippen MR) is 100 cm³/mol. The summed E-state index contributed by atoms with van der Waals surface area (Å²) < 4.78 is 11.0. The van der Waals surface area contributed by atoms with Crippen molar-refractivity contribution in [2.45, 2.75) is 18.7 Å². The number of nitrogens with zero attached hydrogens (tertiary/aromatic N) is 2. The van der Waals surface area contributed by atoms with Crippen molar-refractivity contribution in [1.29, 1.82) is 0 Å². The molecule has 2 rings (SSSR count). The molecule has 6 nitrogen and oxygen atoms in total. The van der Waals surface area contributed by atoms with Crippen LogP contribution in [0.25, 0.3) is 0 Å². The van der Waals surface area contributed by atoms with Crippen LogP contribution in [-0.2, 0) is 4.74 Å². The van der Waals surface area contributed by atoms with E-state index in [9.17, 15) is 5.21 Å². The molecule has 0 aliphatic carbocycles. The third kappa shape index (κ3) is 5.19. The second-order valence-electron chi connectivity index (χ2n) is 5.37. The molecule has 0 aliphatic rings. The van der Waals surface area contributed by atoms with Crippen LogP contribution in [0.2, 0.25) is 0 Å². The summed E-state index contributed by atoms with van der Waals surface area (Å²) in [7, 11) is 1.60. The van der Waals surface area contributed by atoms with E-state index in [1.54, 1.807) is 18.9 Å². The third-order valence-corrected chi connectivity index (χ3v) is 4.40. The summed E-state index contributed by atoms with van der Waals surface area (Å²) in [6.07, 6.45) is 2.04. The number of aromatic nitrogens is 1. The number of ether oxygens (including phenoxy) is 2. The summed E-state index contributed by atoms with van der Waals surface area (Å²) in [5.74, 6) is 1.36. The Morgan fingerprint density at radius 2 is 2.08 bits per heavy atom. The fraction of sp³-hybridized carbons (Fsp3) is 0.333. The fourth-order valence-corrected chi connectivity index (χ4v) is 2.83. The highest BCUT2D eigenvalue weighted by atomic mass is 32.2. The van der Waals surface area contributed by atoms with Crippen LogP contribution in [0.3, 0.4) is 0 Å². The maximum atomic E-state index is 9.44. The molecule has 0 aliphatic heterocycles. The zero-order valence-electron chi connectivity index (χ0n) is 14.9. The Morgan fingerprint density at radius 3 is 2.72 bits per heavy atom. The number of methoxy groups -OCH3 is 1. The monoisotopic (exact) mass is 361 g/mol. The van der Waals surface area contributed by atoms with Crippen LogP contribution >= 0.6 is 11.8 Å². The Bertz CT molecular complexity index is 750. The van der Waals surface area contributed by atoms with Crippen molar-refractivity contribution >= 4 is 17.6 Å². The summed E-state index contributed by atoms with van der Waals surface area (Å²) in [5.41, 5.74) is 4.65. The van der Waals surface area contributed by atoms with Gasteiger partial charge < -0.3 is 9.47 Å². The Morgan fingerprint density at radius 1 is 1.28 bits per heavy atom. The number of thioether (sulfide) groups is 1. The Balaban J connectivity index is 2.35. The van der Waals surface area contributed by atoms with Gasteiger partial charge in [0.25, 0.3) is 0 Å². The number of hydrogen-bond acceptors (Lipinski definition) is 6. The second kappa shape index (κ2) is 9.41. The molecule has 1 aromatic carbocycles. The number of amidine groups is 1. The van der Waals surface area contributed by atoms with Gasteiger partial charge in [0.15, 0.2) is 5.84 Å². The second-order valence-corrected chi connectivity index (χ2v) is 6.22. The van der Waals surface area contributed by atoms with Crippen molar-refractivity contribution in [2.75, 3.05) is 26.5 Å². The fourth-order valence-electron chi connectivity index (χ4n) is 2.25. The molecule has 1 aromatic heterocycles. The summed E-state index contributed by atoms with van der Waals surface area (Å²) in [4.78, 5) is 9.93. The lowest BCUT2D eigenvalue weighted by molar-refractivity contribution is 0.206. The number of nitrogens with one attached hydrogen (secondary N) is 1. The lowest BCUT2D eigenvalue weighted by Gasteiger charge is -2.13. The first kappa shape index (κ1) is 19.2. The predicted octanol–water partition coefficient (Wildman–Crippen LogP) is 3.58. The number of pyridine rings is 1. The van der Waals surface area contributed by atoms with Crippen molar-refractivity contribution < 1.29 is 14.7 Å². The highest BCUT2D eigenvalue weighted by Gasteiger charge is 2.14. The normalized spacial score (nSPS) is 11.5. The van der Waals surface area contributed by atoms with Crippen molar-refractivity contribution in [3.8, 4) is 11.6 Å². The first-order chi connectivity index (χ1) is 12.1. The molecule has 134 valence electrons. The zero-order chi connectivity index (χ0) is 18.2. The van der Waals surface area contributed by atoms with Gasteiger partial charge >= 0.3 is 0 Å². The van der Waals surface area contributed by atoms with Gasteiger partial charge in [-0.3, -0.25) is 15.7 Å². The molecule has 2 N–H and O–H groups in total. The largest absolute Gasteiger partial charge is 0.438 e. The van der Waals surface area contributed by atoms with Gasteiger partial charge in [0.05, 0.1) is 18.7 Å². The molecule has 25 heavy (non-hydrogen) atoms. The maximum Gasteiger partial charge on any atom is 0.230 e. The van der Waals surface area contributed by atoms with E-state index < -0.39 is 0 Å². The molecule has 2 aromatic rings. The van der Waals surface area contributed by atoms with Gasteiger partial charge in [-0.1, -0.05) is 0 Å². The molecule has 0 unspecified atom stereocenters. The van der Waals surface area contributed by atoms with E-state index in [4.69, 9.17) is 9.47 Å². The standard InChI is InChI=1S/C18H23N3O3S/c1-12-11-14(6-8-16(12)25-4)24-18-15(7-5-13(2)20-18)17(21-22)19-9-10-23-3/h5-8,11,22H,9-10H2,1-4H3,(H,19,21). The van der Waals surface area contributed by atoms with Gasteiger partial charge in [-0.25, -0.2) is 4.98 Å². The lowest BCUT2D eigenvalue weighted by Crippen LogP contribution is -2.22. The molecule has 0 atom stereocenters. The molecule has 0 fully saturated rings. The molecule has 0 saturated carbocycles. The minimum atomic E-state index is 0.289. The highest BCUT2D eigenvalue weighted by Crippen LogP contribution is 2.28. The minimum Gasteiger partial charge on any atom is -0.438 e. The molecule has 0 bridgehead atoms. The van der Waals surface area contributed by atoms with E-state index in [1.165, 1.54) is 4.90 Å². The van der Waals surface area contributed by atoms with Crippen molar-refractivity contribution in [1.82, 2.24) is 10.5 Å². The van der Waals surface area contributed by atoms with Crippen molar-refractivity contribution in [2.24, 2.45) is 4.99 Å². The Labute approximate surface area is 152 Å². The topological polar surface area (TPSA) is 76.0 Å². The number of rotatable bonds is 7. The maximum absolute atomic E-state index is 9.44. The average molecular weight is 361 g/mol. The molecule has 0 amide bonds. The van der Waals surface area contributed by atoms with Crippen LogP contribution in [0.15, 0.2) is 40.2 Å². The van der Waals surface area contributed by atoms with E-state index in [0.29, 0.717) is 30.3 Å². The average Bonchev–Trinajstić information content (AvgIpc) is 2.60. The Hall–Kier alpha value is -2.09. The molecule has 1 heterocycles. The number of hydrogen-bond donors (Lipinski definition) is 2. The first-order valence-electron chi connectivity index (χ1n) is 7.83. The van der Waals surface area contributed by atoms with Crippen molar-refractivity contribution in [3.05, 3.63) is 47.2 Å². The molecular weight excluding hydrogens is 338 g/mol. The smallest absolute Gasteiger partial charge is 0.230 e. The SMILES string of the molecule is COCCN=C(NO)c1ccc(C)nc1Oc1ccc(SC)c(C)c1. The van der Waals surface area contributed by atoms with E-state index in [-0.39, 0.29) is 5.84 Å². The van der Waals surface area contributed by atoms with Crippen LogP contribution in [0.1, 0.15) is 16.8 Å². The van der Waals surface area contributed by atoms with E-state index in [0.717, 1.165) is 11.3 Å². The number of aliphatic imine (C=N–C) groups is 1. The Kier molecular flexibility index (Phi) is 7.24. The van der Waals surface area contributed by atoms with Crippen LogP contribution in [0.4, 0.5) is 0 Å². The van der Waals surface area contributed by atoms with Gasteiger partial charge in [0, 0.05) is 17.7 Å². The molecule has 0 radical (unpaired) electrons. The highest BCUT2D eigenvalue weighted by molar-refractivity contribution is 7.98. The van der Waals surface area contributed by atoms with Gasteiger partial charge in [0.2, 0.25) is 5.88 Å². The van der Waals surface area contributed by atoms with E-state index >= 15 is 0 Å². The molecule has 0 saturated heterocycles. The van der Waals surface area contributed by atoms with Crippen LogP contribution in [-0.4, -0.2) is 42.5 Å². The molecule has 0 spiro atoms. The lowest BCUT2D eigenvalue weighted by atomic mass is 10.2. The number of hydroxylamine groups is 1. The minimum absolute atomic E-state index is 0.289. The van der Waals surface area contributed by atoms with E-state index in [2.05, 4.69) is 15.5 Å². The van der Waals surface area contributed by atoms with E-state index in [1.807, 2.05) is 50.4 Å². The quantitative estimate of drug-likeness (QED) is 0.258. The van der Waals surface area contributed by atoms with Crippen LogP contribution in [0.5, 0.6) is 11.6 Å². The zero-order valence-corrected chi connectivity index (χ0v) is 15.7. The van der Waals surface area contributed by atoms with Gasteiger partial charge in [0.1, 0.15) is 5.75 Å².